The molecule has 1 aliphatic heterocycles. The Kier molecular flexibility index (Phi) is 4.49. The van der Waals surface area contributed by atoms with E-state index in [0.29, 0.717) is 0 Å². The predicted octanol–water partition coefficient (Wildman–Crippen LogP) is 4.22. The molecule has 1 heterocycles. The summed E-state index contributed by atoms with van der Waals surface area (Å²) >= 11 is 1.83. The highest BCUT2D eigenvalue weighted by Crippen LogP contribution is 2.32. The summed E-state index contributed by atoms with van der Waals surface area (Å²) in [6.45, 7) is 1.78. The lowest BCUT2D eigenvalue weighted by Crippen LogP contribution is -2.13. The number of rotatable bonds is 5. The fourth-order valence-electron chi connectivity index (χ4n) is 2.43. The molecule has 3 rings (SSSR count). The van der Waals surface area contributed by atoms with E-state index in [4.69, 9.17) is 4.74 Å². The van der Waals surface area contributed by atoms with Gasteiger partial charge in [0.1, 0.15) is 5.75 Å². The minimum atomic E-state index is 0.734. The molecular weight excluding hydrogens is 266 g/mol. The Morgan fingerprint density at radius 2 is 1.95 bits per heavy atom. The molecule has 104 valence electrons. The van der Waals surface area contributed by atoms with Crippen molar-refractivity contribution >= 4 is 17.4 Å². The van der Waals surface area contributed by atoms with Crippen LogP contribution in [0.15, 0.2) is 53.4 Å². The van der Waals surface area contributed by atoms with Gasteiger partial charge in [-0.05, 0) is 36.6 Å². The smallest absolute Gasteiger partial charge is 0.142 e. The van der Waals surface area contributed by atoms with Gasteiger partial charge < -0.3 is 10.1 Å². The van der Waals surface area contributed by atoms with Gasteiger partial charge in [0.15, 0.2) is 0 Å². The lowest BCUT2D eigenvalue weighted by molar-refractivity contribution is 0.345. The van der Waals surface area contributed by atoms with E-state index in [0.717, 1.165) is 31.1 Å². The number of para-hydroxylation sites is 1. The average Bonchev–Trinajstić information content (AvgIpc) is 2.53. The number of aryl methyl sites for hydroxylation is 1. The standard InChI is InChI=1S/C17H19NOS/c1-2-8-15(9-3-1)20-13-12-19-16-10-4-6-14-7-5-11-18-17(14)16/h1-4,6,8-10,18H,5,7,11-13H2. The van der Waals surface area contributed by atoms with Crippen molar-refractivity contribution in [1.82, 2.24) is 0 Å². The summed E-state index contributed by atoms with van der Waals surface area (Å²) in [5.74, 6) is 1.96. The number of hydrogen-bond donors (Lipinski definition) is 1. The third-order valence-electron chi connectivity index (χ3n) is 3.39. The number of anilines is 1. The molecule has 1 N–H and O–H groups in total. The van der Waals surface area contributed by atoms with Crippen molar-refractivity contribution in [2.45, 2.75) is 17.7 Å². The van der Waals surface area contributed by atoms with Gasteiger partial charge in [-0.15, -0.1) is 11.8 Å². The first-order valence-corrected chi connectivity index (χ1v) is 8.08. The third-order valence-corrected chi connectivity index (χ3v) is 4.37. The Morgan fingerprint density at radius 1 is 1.05 bits per heavy atom. The summed E-state index contributed by atoms with van der Waals surface area (Å²) in [5, 5.41) is 3.46. The number of fused-ring (bicyclic) bond motifs is 1. The molecule has 0 spiro atoms. The minimum absolute atomic E-state index is 0.734. The van der Waals surface area contributed by atoms with Gasteiger partial charge in [0.2, 0.25) is 0 Å². The Balaban J connectivity index is 1.54. The number of thioether (sulfide) groups is 1. The second kappa shape index (κ2) is 6.71. The van der Waals surface area contributed by atoms with Crippen molar-refractivity contribution in [1.29, 1.82) is 0 Å². The van der Waals surface area contributed by atoms with Gasteiger partial charge in [0, 0.05) is 17.2 Å². The molecule has 20 heavy (non-hydrogen) atoms. The van der Waals surface area contributed by atoms with Crippen LogP contribution in [0.5, 0.6) is 5.75 Å². The van der Waals surface area contributed by atoms with Crippen molar-refractivity contribution in [3.05, 3.63) is 54.1 Å². The van der Waals surface area contributed by atoms with Crippen LogP contribution in [0.25, 0.3) is 0 Å². The van der Waals surface area contributed by atoms with Crippen LogP contribution in [-0.4, -0.2) is 18.9 Å². The lowest BCUT2D eigenvalue weighted by Gasteiger charge is -2.21. The highest BCUT2D eigenvalue weighted by Gasteiger charge is 2.12. The molecule has 2 aromatic carbocycles. The van der Waals surface area contributed by atoms with Crippen LogP contribution >= 0.6 is 11.8 Å². The molecule has 0 saturated heterocycles. The molecule has 0 bridgehead atoms. The van der Waals surface area contributed by atoms with E-state index in [-0.39, 0.29) is 0 Å². The summed E-state index contributed by atoms with van der Waals surface area (Å²) in [5.41, 5.74) is 2.58. The van der Waals surface area contributed by atoms with Crippen LogP contribution in [-0.2, 0) is 6.42 Å². The van der Waals surface area contributed by atoms with E-state index < -0.39 is 0 Å². The molecule has 1 aliphatic rings. The predicted molar refractivity (Wildman–Crippen MR) is 85.9 cm³/mol. The van der Waals surface area contributed by atoms with Crippen LogP contribution in [0.2, 0.25) is 0 Å². The molecule has 2 nitrogen and oxygen atoms in total. The van der Waals surface area contributed by atoms with Gasteiger partial charge in [-0.3, -0.25) is 0 Å². The first kappa shape index (κ1) is 13.4. The fraction of sp³-hybridized carbons (Fsp3) is 0.294. The molecule has 0 fully saturated rings. The van der Waals surface area contributed by atoms with Crippen molar-refractivity contribution in [3.8, 4) is 5.75 Å². The second-order valence-electron chi connectivity index (χ2n) is 4.83. The molecule has 2 aromatic rings. The maximum atomic E-state index is 5.94. The van der Waals surface area contributed by atoms with Crippen molar-refractivity contribution in [2.24, 2.45) is 0 Å². The highest BCUT2D eigenvalue weighted by molar-refractivity contribution is 7.99. The Morgan fingerprint density at radius 3 is 2.85 bits per heavy atom. The third kappa shape index (κ3) is 3.28. The molecular formula is C17H19NOS. The molecule has 0 saturated carbocycles. The maximum Gasteiger partial charge on any atom is 0.142 e. The van der Waals surface area contributed by atoms with Gasteiger partial charge in [0.05, 0.1) is 12.3 Å². The fourth-order valence-corrected chi connectivity index (χ4v) is 3.18. The van der Waals surface area contributed by atoms with Gasteiger partial charge in [-0.1, -0.05) is 30.3 Å². The van der Waals surface area contributed by atoms with Gasteiger partial charge in [-0.2, -0.15) is 0 Å². The Labute approximate surface area is 124 Å². The lowest BCUT2D eigenvalue weighted by atomic mass is 10.0. The Bertz CT molecular complexity index is 556. The molecule has 0 atom stereocenters. The highest BCUT2D eigenvalue weighted by atomic mass is 32.2. The number of benzene rings is 2. The van der Waals surface area contributed by atoms with Crippen molar-refractivity contribution < 1.29 is 4.74 Å². The average molecular weight is 285 g/mol. The second-order valence-corrected chi connectivity index (χ2v) is 6.00. The molecule has 0 amide bonds. The zero-order valence-corrected chi connectivity index (χ0v) is 12.3. The zero-order chi connectivity index (χ0) is 13.6. The largest absolute Gasteiger partial charge is 0.491 e. The van der Waals surface area contributed by atoms with E-state index in [1.165, 1.54) is 22.6 Å². The van der Waals surface area contributed by atoms with Gasteiger partial charge in [-0.25, -0.2) is 0 Å². The molecule has 0 aliphatic carbocycles. The molecule has 0 unspecified atom stereocenters. The van der Waals surface area contributed by atoms with E-state index in [9.17, 15) is 0 Å². The van der Waals surface area contributed by atoms with Crippen LogP contribution in [0.1, 0.15) is 12.0 Å². The topological polar surface area (TPSA) is 21.3 Å². The molecule has 0 radical (unpaired) electrons. The molecule has 0 aromatic heterocycles. The molecule has 3 heteroatoms. The first-order valence-electron chi connectivity index (χ1n) is 7.10. The van der Waals surface area contributed by atoms with Crippen LogP contribution in [0.3, 0.4) is 0 Å². The summed E-state index contributed by atoms with van der Waals surface area (Å²) in [7, 11) is 0. The monoisotopic (exact) mass is 285 g/mol. The normalized spacial score (nSPS) is 13.4. The minimum Gasteiger partial charge on any atom is -0.491 e. The van der Waals surface area contributed by atoms with E-state index in [1.54, 1.807) is 0 Å². The van der Waals surface area contributed by atoms with Gasteiger partial charge in [0.25, 0.3) is 0 Å². The van der Waals surface area contributed by atoms with E-state index in [1.807, 2.05) is 17.8 Å². The first-order chi connectivity index (χ1) is 9.93. The van der Waals surface area contributed by atoms with Crippen molar-refractivity contribution in [3.63, 3.8) is 0 Å². The van der Waals surface area contributed by atoms with Crippen molar-refractivity contribution in [2.75, 3.05) is 24.2 Å². The summed E-state index contributed by atoms with van der Waals surface area (Å²) in [6.07, 6.45) is 2.36. The number of hydrogen-bond acceptors (Lipinski definition) is 3. The Hall–Kier alpha value is -1.61. The maximum absolute atomic E-state index is 5.94. The number of ether oxygens (including phenoxy) is 1. The summed E-state index contributed by atoms with van der Waals surface area (Å²) < 4.78 is 5.94. The quantitative estimate of drug-likeness (QED) is 0.656. The van der Waals surface area contributed by atoms with E-state index >= 15 is 0 Å². The summed E-state index contributed by atoms with van der Waals surface area (Å²) in [6, 6.07) is 16.8. The van der Waals surface area contributed by atoms with Gasteiger partial charge >= 0.3 is 0 Å². The summed E-state index contributed by atoms with van der Waals surface area (Å²) in [4.78, 5) is 1.30. The van der Waals surface area contributed by atoms with Crippen LogP contribution in [0, 0.1) is 0 Å². The number of nitrogens with one attached hydrogen (secondary N) is 1. The van der Waals surface area contributed by atoms with E-state index in [2.05, 4.69) is 47.8 Å². The zero-order valence-electron chi connectivity index (χ0n) is 11.5. The SMILES string of the molecule is c1ccc(SCCOc2cccc3c2NCCC3)cc1. The van der Waals surface area contributed by atoms with Crippen LogP contribution in [0.4, 0.5) is 5.69 Å². The van der Waals surface area contributed by atoms with Crippen LogP contribution < -0.4 is 10.1 Å².